The summed E-state index contributed by atoms with van der Waals surface area (Å²) in [5.41, 5.74) is 6.32. The van der Waals surface area contributed by atoms with Gasteiger partial charge in [0.25, 0.3) is 0 Å². The molecule has 0 aliphatic rings. The standard InChI is InChI=1S/C14H21FN2O/c1-9(2)13(16)8-14(18)17-10(3)11-6-4-5-7-12(11)15/h4-7,9-10,13H,8,16H2,1-3H3,(H,17,18). The SMILES string of the molecule is CC(NC(=O)CC(N)C(C)C)c1ccccc1F. The molecule has 0 aliphatic carbocycles. The number of benzene rings is 1. The first-order chi connectivity index (χ1) is 8.41. The molecule has 1 amide bonds. The van der Waals surface area contributed by atoms with E-state index in [-0.39, 0.29) is 36.1 Å². The highest BCUT2D eigenvalue weighted by Gasteiger charge is 2.16. The molecule has 0 fully saturated rings. The first-order valence-corrected chi connectivity index (χ1v) is 6.21. The van der Waals surface area contributed by atoms with E-state index in [2.05, 4.69) is 5.32 Å². The Morgan fingerprint density at radius 3 is 2.50 bits per heavy atom. The second-order valence-corrected chi connectivity index (χ2v) is 4.92. The Morgan fingerprint density at radius 2 is 1.94 bits per heavy atom. The van der Waals surface area contributed by atoms with Gasteiger partial charge in [-0.15, -0.1) is 0 Å². The van der Waals surface area contributed by atoms with Crippen molar-refractivity contribution in [1.82, 2.24) is 5.32 Å². The molecule has 2 unspecified atom stereocenters. The van der Waals surface area contributed by atoms with Crippen LogP contribution in [-0.2, 0) is 4.79 Å². The fourth-order valence-electron chi connectivity index (χ4n) is 1.65. The molecular formula is C14H21FN2O. The number of halogens is 1. The highest BCUT2D eigenvalue weighted by atomic mass is 19.1. The number of rotatable bonds is 5. The van der Waals surface area contributed by atoms with E-state index in [1.54, 1.807) is 25.1 Å². The van der Waals surface area contributed by atoms with Gasteiger partial charge in [0.15, 0.2) is 0 Å². The first kappa shape index (κ1) is 14.6. The van der Waals surface area contributed by atoms with Crippen molar-refractivity contribution >= 4 is 5.91 Å². The van der Waals surface area contributed by atoms with Crippen LogP contribution in [0.1, 0.15) is 38.8 Å². The maximum atomic E-state index is 13.5. The molecule has 100 valence electrons. The smallest absolute Gasteiger partial charge is 0.222 e. The molecule has 3 N–H and O–H groups in total. The quantitative estimate of drug-likeness (QED) is 0.845. The predicted octanol–water partition coefficient (Wildman–Crippen LogP) is 2.38. The van der Waals surface area contributed by atoms with Gasteiger partial charge >= 0.3 is 0 Å². The van der Waals surface area contributed by atoms with E-state index in [1.807, 2.05) is 13.8 Å². The lowest BCUT2D eigenvalue weighted by Gasteiger charge is -2.18. The van der Waals surface area contributed by atoms with Crippen molar-refractivity contribution < 1.29 is 9.18 Å². The second-order valence-electron chi connectivity index (χ2n) is 4.92. The van der Waals surface area contributed by atoms with E-state index in [4.69, 9.17) is 5.73 Å². The van der Waals surface area contributed by atoms with Crippen LogP contribution in [0.2, 0.25) is 0 Å². The van der Waals surface area contributed by atoms with Crippen LogP contribution in [0, 0.1) is 11.7 Å². The van der Waals surface area contributed by atoms with E-state index in [0.29, 0.717) is 5.56 Å². The second kappa shape index (κ2) is 6.50. The third-order valence-electron chi connectivity index (χ3n) is 3.03. The molecule has 0 radical (unpaired) electrons. The fraction of sp³-hybridized carbons (Fsp3) is 0.500. The number of hydrogen-bond acceptors (Lipinski definition) is 2. The third kappa shape index (κ3) is 4.11. The van der Waals surface area contributed by atoms with Crippen molar-refractivity contribution in [1.29, 1.82) is 0 Å². The van der Waals surface area contributed by atoms with Gasteiger partial charge in [0.05, 0.1) is 6.04 Å². The number of hydrogen-bond donors (Lipinski definition) is 2. The summed E-state index contributed by atoms with van der Waals surface area (Å²) in [5.74, 6) is -0.204. The molecule has 1 aromatic rings. The summed E-state index contributed by atoms with van der Waals surface area (Å²) < 4.78 is 13.5. The van der Waals surface area contributed by atoms with Gasteiger partial charge < -0.3 is 11.1 Å². The third-order valence-corrected chi connectivity index (χ3v) is 3.03. The Hall–Kier alpha value is -1.42. The Labute approximate surface area is 108 Å². The maximum Gasteiger partial charge on any atom is 0.222 e. The van der Waals surface area contributed by atoms with E-state index < -0.39 is 0 Å². The summed E-state index contributed by atoms with van der Waals surface area (Å²) in [4.78, 5) is 11.7. The lowest BCUT2D eigenvalue weighted by Crippen LogP contribution is -2.36. The zero-order valence-corrected chi connectivity index (χ0v) is 11.1. The normalized spacial score (nSPS) is 14.3. The Balaban J connectivity index is 2.58. The number of nitrogens with two attached hydrogens (primary N) is 1. The molecule has 4 heteroatoms. The molecule has 18 heavy (non-hydrogen) atoms. The van der Waals surface area contributed by atoms with Crippen LogP contribution in [0.15, 0.2) is 24.3 Å². The summed E-state index contributed by atoms with van der Waals surface area (Å²) >= 11 is 0. The van der Waals surface area contributed by atoms with E-state index >= 15 is 0 Å². The Morgan fingerprint density at radius 1 is 1.33 bits per heavy atom. The minimum Gasteiger partial charge on any atom is -0.349 e. The fourth-order valence-corrected chi connectivity index (χ4v) is 1.65. The average Bonchev–Trinajstić information content (AvgIpc) is 2.28. The molecule has 0 aliphatic heterocycles. The van der Waals surface area contributed by atoms with Crippen LogP contribution in [0.4, 0.5) is 4.39 Å². The molecule has 0 saturated carbocycles. The highest BCUT2D eigenvalue weighted by molar-refractivity contribution is 5.77. The number of carbonyl (C=O) groups excluding carboxylic acids is 1. The van der Waals surface area contributed by atoms with Crippen molar-refractivity contribution in [2.24, 2.45) is 11.7 Å². The van der Waals surface area contributed by atoms with Crippen LogP contribution >= 0.6 is 0 Å². The van der Waals surface area contributed by atoms with E-state index in [1.165, 1.54) is 6.07 Å². The summed E-state index contributed by atoms with van der Waals surface area (Å²) in [7, 11) is 0. The van der Waals surface area contributed by atoms with Crippen LogP contribution in [0.5, 0.6) is 0 Å². The van der Waals surface area contributed by atoms with Gasteiger partial charge in [-0.25, -0.2) is 4.39 Å². The van der Waals surface area contributed by atoms with Crippen LogP contribution in [0.3, 0.4) is 0 Å². The van der Waals surface area contributed by atoms with Gasteiger partial charge in [0, 0.05) is 18.0 Å². The van der Waals surface area contributed by atoms with E-state index in [0.717, 1.165) is 0 Å². The lowest BCUT2D eigenvalue weighted by atomic mass is 10.0. The minimum absolute atomic E-state index is 0.146. The number of nitrogens with one attached hydrogen (secondary N) is 1. The number of amides is 1. The molecule has 2 atom stereocenters. The molecule has 0 aromatic heterocycles. The Bertz CT molecular complexity index is 407. The number of carbonyl (C=O) groups is 1. The van der Waals surface area contributed by atoms with Crippen molar-refractivity contribution in [3.8, 4) is 0 Å². The predicted molar refractivity (Wildman–Crippen MR) is 70.4 cm³/mol. The molecule has 1 aromatic carbocycles. The first-order valence-electron chi connectivity index (χ1n) is 6.21. The summed E-state index contributed by atoms with van der Waals surface area (Å²) in [6.45, 7) is 5.70. The molecule has 0 spiro atoms. The highest BCUT2D eigenvalue weighted by Crippen LogP contribution is 2.16. The summed E-state index contributed by atoms with van der Waals surface area (Å²) in [6.07, 6.45) is 0.260. The molecule has 0 saturated heterocycles. The van der Waals surface area contributed by atoms with Crippen LogP contribution in [-0.4, -0.2) is 11.9 Å². The van der Waals surface area contributed by atoms with Crippen molar-refractivity contribution in [2.45, 2.75) is 39.3 Å². The zero-order chi connectivity index (χ0) is 13.7. The van der Waals surface area contributed by atoms with Crippen LogP contribution < -0.4 is 11.1 Å². The molecule has 0 bridgehead atoms. The van der Waals surface area contributed by atoms with Gasteiger partial charge in [-0.05, 0) is 18.9 Å². The summed E-state index contributed by atoms with van der Waals surface area (Å²) in [6, 6.07) is 5.92. The van der Waals surface area contributed by atoms with E-state index in [9.17, 15) is 9.18 Å². The van der Waals surface area contributed by atoms with Gasteiger partial charge in [-0.1, -0.05) is 32.0 Å². The lowest BCUT2D eigenvalue weighted by molar-refractivity contribution is -0.122. The largest absolute Gasteiger partial charge is 0.349 e. The van der Waals surface area contributed by atoms with Crippen molar-refractivity contribution in [3.05, 3.63) is 35.6 Å². The van der Waals surface area contributed by atoms with Gasteiger partial charge in [0.2, 0.25) is 5.91 Å². The molecule has 1 rings (SSSR count). The summed E-state index contributed by atoms with van der Waals surface area (Å²) in [5, 5.41) is 2.76. The molecule has 3 nitrogen and oxygen atoms in total. The zero-order valence-electron chi connectivity index (χ0n) is 11.1. The van der Waals surface area contributed by atoms with Gasteiger partial charge in [-0.2, -0.15) is 0 Å². The topological polar surface area (TPSA) is 55.1 Å². The molecular weight excluding hydrogens is 231 g/mol. The molecule has 0 heterocycles. The van der Waals surface area contributed by atoms with Gasteiger partial charge in [0.1, 0.15) is 5.82 Å². The average molecular weight is 252 g/mol. The minimum atomic E-state index is -0.349. The van der Waals surface area contributed by atoms with Crippen LogP contribution in [0.25, 0.3) is 0 Å². The van der Waals surface area contributed by atoms with Gasteiger partial charge in [-0.3, -0.25) is 4.79 Å². The Kier molecular flexibility index (Phi) is 5.28. The van der Waals surface area contributed by atoms with Crippen molar-refractivity contribution in [3.63, 3.8) is 0 Å². The van der Waals surface area contributed by atoms with Crippen molar-refractivity contribution in [2.75, 3.05) is 0 Å². The monoisotopic (exact) mass is 252 g/mol. The maximum absolute atomic E-state index is 13.5.